The molecule has 0 saturated carbocycles. The fourth-order valence-electron chi connectivity index (χ4n) is 3.68. The third kappa shape index (κ3) is 4.57. The summed E-state index contributed by atoms with van der Waals surface area (Å²) >= 11 is 0. The zero-order valence-electron chi connectivity index (χ0n) is 18.3. The Hall–Kier alpha value is -3.75. The SMILES string of the molecule is COc1cc(/C=C2\O[C@@H](C)CN(Cc3ccc(F)c(F)c3F)C2=O)ccc1-n1cnc(C)c1. The molecule has 0 radical (unpaired) electrons. The maximum atomic E-state index is 14.1. The van der Waals surface area contributed by atoms with Gasteiger partial charge in [0.05, 0.1) is 31.4 Å². The van der Waals surface area contributed by atoms with Gasteiger partial charge in [-0.3, -0.25) is 4.79 Å². The number of aryl methyl sites for hydroxylation is 1. The third-order valence-electron chi connectivity index (χ3n) is 5.27. The largest absolute Gasteiger partial charge is 0.495 e. The zero-order chi connectivity index (χ0) is 23.7. The van der Waals surface area contributed by atoms with E-state index in [1.807, 2.05) is 23.8 Å². The van der Waals surface area contributed by atoms with Gasteiger partial charge >= 0.3 is 0 Å². The molecule has 0 spiro atoms. The first-order valence-electron chi connectivity index (χ1n) is 10.3. The first kappa shape index (κ1) is 22.4. The van der Waals surface area contributed by atoms with E-state index in [-0.39, 0.29) is 30.5 Å². The van der Waals surface area contributed by atoms with Crippen molar-refractivity contribution in [3.63, 3.8) is 0 Å². The Morgan fingerprint density at radius 1 is 1.21 bits per heavy atom. The molecule has 1 aliphatic rings. The molecule has 1 fully saturated rings. The molecule has 1 atom stereocenters. The van der Waals surface area contributed by atoms with E-state index in [1.165, 1.54) is 4.90 Å². The topological polar surface area (TPSA) is 56.6 Å². The number of ether oxygens (including phenoxy) is 2. The molecule has 172 valence electrons. The second-order valence-electron chi connectivity index (χ2n) is 7.81. The minimum Gasteiger partial charge on any atom is -0.495 e. The van der Waals surface area contributed by atoms with Gasteiger partial charge in [-0.1, -0.05) is 12.1 Å². The lowest BCUT2D eigenvalue weighted by molar-refractivity contribution is -0.139. The van der Waals surface area contributed by atoms with Gasteiger partial charge in [-0.2, -0.15) is 0 Å². The van der Waals surface area contributed by atoms with E-state index in [0.29, 0.717) is 11.3 Å². The number of hydrogen-bond acceptors (Lipinski definition) is 4. The van der Waals surface area contributed by atoms with Crippen LogP contribution < -0.4 is 4.74 Å². The highest BCUT2D eigenvalue weighted by atomic mass is 19.2. The van der Waals surface area contributed by atoms with Crippen LogP contribution >= 0.6 is 0 Å². The molecular weight excluding hydrogens is 435 g/mol. The molecule has 3 aromatic rings. The van der Waals surface area contributed by atoms with Crippen LogP contribution in [-0.4, -0.2) is 40.1 Å². The lowest BCUT2D eigenvalue weighted by atomic mass is 10.1. The fourth-order valence-corrected chi connectivity index (χ4v) is 3.68. The van der Waals surface area contributed by atoms with Crippen molar-refractivity contribution in [2.45, 2.75) is 26.5 Å². The minimum absolute atomic E-state index is 0.0602. The summed E-state index contributed by atoms with van der Waals surface area (Å²) in [5.41, 5.74) is 2.18. The average molecular weight is 457 g/mol. The second kappa shape index (κ2) is 9.01. The summed E-state index contributed by atoms with van der Waals surface area (Å²) in [5, 5.41) is 0. The molecular formula is C24H22F3N3O3. The van der Waals surface area contributed by atoms with E-state index in [4.69, 9.17) is 9.47 Å². The van der Waals surface area contributed by atoms with Crippen LogP contribution in [0.25, 0.3) is 11.8 Å². The number of hydrogen-bond donors (Lipinski definition) is 0. The highest BCUT2D eigenvalue weighted by Gasteiger charge is 2.30. The summed E-state index contributed by atoms with van der Waals surface area (Å²) in [5.74, 6) is -3.99. The maximum Gasteiger partial charge on any atom is 0.289 e. The summed E-state index contributed by atoms with van der Waals surface area (Å²) in [6.07, 6.45) is 4.73. The van der Waals surface area contributed by atoms with E-state index in [1.54, 1.807) is 38.6 Å². The van der Waals surface area contributed by atoms with E-state index >= 15 is 0 Å². The quantitative estimate of drug-likeness (QED) is 0.421. The van der Waals surface area contributed by atoms with Crippen LogP contribution in [0.2, 0.25) is 0 Å². The first-order valence-corrected chi connectivity index (χ1v) is 10.3. The van der Waals surface area contributed by atoms with Gasteiger partial charge in [0.2, 0.25) is 0 Å². The standard InChI is InChI=1S/C24H22F3N3O3/c1-14-10-30(13-28-14)19-7-4-16(8-20(19)32-3)9-21-24(31)29(11-15(2)33-21)12-17-5-6-18(25)23(27)22(17)26/h4-10,13,15H,11-12H2,1-3H3/b21-9-/t15-/m0/s1. The molecule has 1 saturated heterocycles. The number of rotatable bonds is 5. The molecule has 9 heteroatoms. The Morgan fingerprint density at radius 2 is 2.00 bits per heavy atom. The fraction of sp³-hybridized carbons (Fsp3) is 0.250. The smallest absolute Gasteiger partial charge is 0.289 e. The Bertz CT molecular complexity index is 1240. The molecule has 2 heterocycles. The van der Waals surface area contributed by atoms with Crippen molar-refractivity contribution in [1.29, 1.82) is 0 Å². The number of imidazole rings is 1. The van der Waals surface area contributed by atoms with Crippen molar-refractivity contribution < 1.29 is 27.4 Å². The van der Waals surface area contributed by atoms with Crippen LogP contribution in [0.4, 0.5) is 13.2 Å². The Kier molecular flexibility index (Phi) is 6.13. The van der Waals surface area contributed by atoms with Crippen LogP contribution in [0, 0.1) is 24.4 Å². The summed E-state index contributed by atoms with van der Waals surface area (Å²) in [7, 11) is 1.54. The number of halogens is 3. The van der Waals surface area contributed by atoms with Crippen LogP contribution in [0.3, 0.4) is 0 Å². The normalized spacial score (nSPS) is 17.4. The lowest BCUT2D eigenvalue weighted by Crippen LogP contribution is -2.43. The number of nitrogens with zero attached hydrogens (tertiary/aromatic N) is 3. The molecule has 1 aliphatic heterocycles. The van der Waals surface area contributed by atoms with Gasteiger partial charge in [0.15, 0.2) is 23.2 Å². The van der Waals surface area contributed by atoms with Crippen LogP contribution in [-0.2, 0) is 16.1 Å². The van der Waals surface area contributed by atoms with Crippen LogP contribution in [0.5, 0.6) is 5.75 Å². The lowest BCUT2D eigenvalue weighted by Gasteiger charge is -2.33. The second-order valence-corrected chi connectivity index (χ2v) is 7.81. The monoisotopic (exact) mass is 457 g/mol. The number of amides is 1. The highest BCUT2D eigenvalue weighted by molar-refractivity contribution is 5.96. The van der Waals surface area contributed by atoms with Gasteiger partial charge in [0.25, 0.3) is 5.91 Å². The zero-order valence-corrected chi connectivity index (χ0v) is 18.3. The van der Waals surface area contributed by atoms with Crippen molar-refractivity contribution in [3.8, 4) is 11.4 Å². The van der Waals surface area contributed by atoms with Gasteiger partial charge < -0.3 is 18.9 Å². The van der Waals surface area contributed by atoms with Gasteiger partial charge in [0.1, 0.15) is 11.9 Å². The van der Waals surface area contributed by atoms with E-state index in [2.05, 4.69) is 4.98 Å². The molecule has 0 N–H and O–H groups in total. The van der Waals surface area contributed by atoms with Gasteiger partial charge in [-0.15, -0.1) is 0 Å². The molecule has 33 heavy (non-hydrogen) atoms. The van der Waals surface area contributed by atoms with E-state index in [9.17, 15) is 18.0 Å². The Morgan fingerprint density at radius 3 is 2.70 bits per heavy atom. The summed E-state index contributed by atoms with van der Waals surface area (Å²) in [6, 6.07) is 7.36. The molecule has 0 bridgehead atoms. The number of carbonyl (C=O) groups is 1. The number of methoxy groups -OCH3 is 1. The molecule has 1 aromatic heterocycles. The van der Waals surface area contributed by atoms with E-state index < -0.39 is 23.4 Å². The van der Waals surface area contributed by atoms with Gasteiger partial charge in [-0.05, 0) is 43.7 Å². The predicted octanol–water partition coefficient (Wildman–Crippen LogP) is 4.40. The molecule has 4 rings (SSSR count). The number of carbonyl (C=O) groups excluding carboxylic acids is 1. The van der Waals surface area contributed by atoms with Gasteiger partial charge in [0, 0.05) is 18.3 Å². The van der Waals surface area contributed by atoms with Crippen LogP contribution in [0.1, 0.15) is 23.7 Å². The van der Waals surface area contributed by atoms with Gasteiger partial charge in [-0.25, -0.2) is 18.2 Å². The van der Waals surface area contributed by atoms with Crippen molar-refractivity contribution in [3.05, 3.63) is 82.9 Å². The third-order valence-corrected chi connectivity index (χ3v) is 5.27. The predicted molar refractivity (Wildman–Crippen MR) is 115 cm³/mol. The number of aromatic nitrogens is 2. The Labute approximate surface area is 188 Å². The van der Waals surface area contributed by atoms with Crippen molar-refractivity contribution >= 4 is 12.0 Å². The summed E-state index contributed by atoms with van der Waals surface area (Å²) < 4.78 is 54.0. The number of morpholine rings is 1. The summed E-state index contributed by atoms with van der Waals surface area (Å²) in [6.45, 7) is 3.61. The molecule has 0 unspecified atom stereocenters. The van der Waals surface area contributed by atoms with E-state index in [0.717, 1.165) is 23.5 Å². The molecule has 6 nitrogen and oxygen atoms in total. The average Bonchev–Trinajstić information content (AvgIpc) is 3.23. The van der Waals surface area contributed by atoms with Crippen molar-refractivity contribution in [2.75, 3.05) is 13.7 Å². The van der Waals surface area contributed by atoms with Crippen molar-refractivity contribution in [1.82, 2.24) is 14.5 Å². The van der Waals surface area contributed by atoms with Crippen LogP contribution in [0.15, 0.2) is 48.6 Å². The first-order chi connectivity index (χ1) is 15.8. The molecule has 1 amide bonds. The molecule has 0 aliphatic carbocycles. The number of benzene rings is 2. The summed E-state index contributed by atoms with van der Waals surface area (Å²) in [4.78, 5) is 18.5. The maximum absolute atomic E-state index is 14.1. The van der Waals surface area contributed by atoms with Crippen molar-refractivity contribution in [2.24, 2.45) is 0 Å². The highest BCUT2D eigenvalue weighted by Crippen LogP contribution is 2.28. The minimum atomic E-state index is -1.56. The molecule has 2 aromatic carbocycles. The Balaban J connectivity index is 1.61.